The van der Waals surface area contributed by atoms with Gasteiger partial charge in [0.05, 0.1) is 18.2 Å². The summed E-state index contributed by atoms with van der Waals surface area (Å²) in [7, 11) is 1.60. The molecule has 20 heavy (non-hydrogen) atoms. The third-order valence-electron chi connectivity index (χ3n) is 3.26. The van der Waals surface area contributed by atoms with Gasteiger partial charge in [0, 0.05) is 17.1 Å². The minimum Gasteiger partial charge on any atom is -0.478 e. The van der Waals surface area contributed by atoms with Crippen molar-refractivity contribution in [3.05, 3.63) is 33.8 Å². The van der Waals surface area contributed by atoms with Crippen molar-refractivity contribution in [1.82, 2.24) is 5.32 Å². The van der Waals surface area contributed by atoms with Crippen LogP contribution in [0.1, 0.15) is 33.6 Å². The van der Waals surface area contributed by atoms with Gasteiger partial charge in [-0.2, -0.15) is 0 Å². The molecule has 0 bridgehead atoms. The molecule has 0 saturated heterocycles. The van der Waals surface area contributed by atoms with E-state index in [-0.39, 0.29) is 17.5 Å². The lowest BCUT2D eigenvalue weighted by Gasteiger charge is -2.17. The van der Waals surface area contributed by atoms with Crippen molar-refractivity contribution in [1.29, 1.82) is 0 Å². The number of hydrogen-bond acceptors (Lipinski definition) is 3. The van der Waals surface area contributed by atoms with Gasteiger partial charge in [-0.1, -0.05) is 15.9 Å². The van der Waals surface area contributed by atoms with Crippen molar-refractivity contribution in [2.24, 2.45) is 5.92 Å². The van der Waals surface area contributed by atoms with Crippen molar-refractivity contribution in [2.75, 3.05) is 13.7 Å². The summed E-state index contributed by atoms with van der Waals surface area (Å²) in [5.41, 5.74) is 0.415. The molecule has 6 heteroatoms. The highest BCUT2D eigenvalue weighted by atomic mass is 79.9. The van der Waals surface area contributed by atoms with E-state index in [1.807, 2.05) is 0 Å². The summed E-state index contributed by atoms with van der Waals surface area (Å²) in [5, 5.41) is 11.9. The summed E-state index contributed by atoms with van der Waals surface area (Å²) in [4.78, 5) is 23.2. The molecule has 1 atom stereocenters. The number of rotatable bonds is 6. The first-order valence-corrected chi connectivity index (χ1v) is 7.14. The first-order valence-electron chi connectivity index (χ1n) is 6.35. The molecule has 1 amide bonds. The van der Waals surface area contributed by atoms with E-state index in [2.05, 4.69) is 21.2 Å². The fourth-order valence-corrected chi connectivity index (χ4v) is 2.56. The minimum absolute atomic E-state index is 0.0141. The second-order valence-corrected chi connectivity index (χ2v) is 5.82. The zero-order valence-corrected chi connectivity index (χ0v) is 12.6. The van der Waals surface area contributed by atoms with Crippen LogP contribution < -0.4 is 5.32 Å². The van der Waals surface area contributed by atoms with E-state index in [1.165, 1.54) is 12.1 Å². The van der Waals surface area contributed by atoms with Gasteiger partial charge in [0.15, 0.2) is 0 Å². The molecule has 1 fully saturated rings. The number of amides is 1. The van der Waals surface area contributed by atoms with Gasteiger partial charge in [-0.15, -0.1) is 0 Å². The third kappa shape index (κ3) is 3.80. The number of nitrogens with one attached hydrogen (secondary N) is 1. The van der Waals surface area contributed by atoms with E-state index < -0.39 is 5.97 Å². The molecule has 0 spiro atoms. The van der Waals surface area contributed by atoms with Gasteiger partial charge < -0.3 is 15.2 Å². The Morgan fingerprint density at radius 2 is 2.05 bits per heavy atom. The van der Waals surface area contributed by atoms with Crippen molar-refractivity contribution in [3.8, 4) is 0 Å². The number of halogens is 1. The van der Waals surface area contributed by atoms with Crippen LogP contribution in [0.5, 0.6) is 0 Å². The second-order valence-electron chi connectivity index (χ2n) is 4.91. The maximum atomic E-state index is 12.2. The third-order valence-corrected chi connectivity index (χ3v) is 3.72. The van der Waals surface area contributed by atoms with Crippen LogP contribution in [0.3, 0.4) is 0 Å². The van der Waals surface area contributed by atoms with Crippen molar-refractivity contribution in [3.63, 3.8) is 0 Å². The van der Waals surface area contributed by atoms with Crippen molar-refractivity contribution < 1.29 is 19.4 Å². The maximum absolute atomic E-state index is 12.2. The number of carboxylic acids is 1. The average molecular weight is 342 g/mol. The van der Waals surface area contributed by atoms with Crippen molar-refractivity contribution in [2.45, 2.75) is 18.9 Å². The van der Waals surface area contributed by atoms with Crippen molar-refractivity contribution >= 4 is 27.8 Å². The first kappa shape index (κ1) is 15.0. The lowest BCUT2D eigenvalue weighted by Crippen LogP contribution is -2.39. The smallest absolute Gasteiger partial charge is 0.335 e. The summed E-state index contributed by atoms with van der Waals surface area (Å²) < 4.78 is 5.68. The second kappa shape index (κ2) is 6.37. The van der Waals surface area contributed by atoms with Crippen LogP contribution in [0.2, 0.25) is 0 Å². The number of methoxy groups -OCH3 is 1. The molecule has 0 radical (unpaired) electrons. The number of carbonyl (C=O) groups is 2. The largest absolute Gasteiger partial charge is 0.478 e. The molecule has 0 aromatic heterocycles. The number of ether oxygens (including phenoxy) is 1. The fraction of sp³-hybridized carbons (Fsp3) is 0.429. The number of aromatic carboxylic acids is 1. The Kier molecular flexibility index (Phi) is 4.77. The van der Waals surface area contributed by atoms with Crippen LogP contribution in [0.15, 0.2) is 22.7 Å². The standard InChI is InChI=1S/C14H16BrNO4/c1-20-7-12(8-2-3-8)16-13(17)9-4-10(14(18)19)6-11(15)5-9/h4-6,8,12H,2-3,7H2,1H3,(H,16,17)(H,18,19). The fourth-order valence-electron chi connectivity index (χ4n) is 2.07. The highest BCUT2D eigenvalue weighted by Crippen LogP contribution is 2.32. The lowest BCUT2D eigenvalue weighted by atomic mass is 10.1. The molecule has 2 rings (SSSR count). The normalized spacial score (nSPS) is 15.7. The van der Waals surface area contributed by atoms with E-state index in [1.54, 1.807) is 13.2 Å². The topological polar surface area (TPSA) is 75.6 Å². The zero-order chi connectivity index (χ0) is 14.7. The van der Waals surface area contributed by atoms with Crippen LogP contribution in [-0.4, -0.2) is 36.7 Å². The molecule has 2 N–H and O–H groups in total. The maximum Gasteiger partial charge on any atom is 0.335 e. The molecule has 1 aliphatic carbocycles. The van der Waals surface area contributed by atoms with Gasteiger partial charge in [-0.25, -0.2) is 4.79 Å². The van der Waals surface area contributed by atoms with E-state index in [0.29, 0.717) is 22.6 Å². The number of benzene rings is 1. The molecule has 0 aliphatic heterocycles. The minimum atomic E-state index is -1.06. The summed E-state index contributed by atoms with van der Waals surface area (Å²) in [6.45, 7) is 0.468. The van der Waals surface area contributed by atoms with Gasteiger partial charge in [0.2, 0.25) is 0 Å². The van der Waals surface area contributed by atoms with Crippen LogP contribution in [0, 0.1) is 5.92 Å². The SMILES string of the molecule is COCC(NC(=O)c1cc(Br)cc(C(=O)O)c1)C1CC1. The van der Waals surface area contributed by atoms with E-state index >= 15 is 0 Å². The molecule has 1 aromatic carbocycles. The lowest BCUT2D eigenvalue weighted by molar-refractivity contribution is 0.0697. The average Bonchev–Trinajstić information content (AvgIpc) is 3.21. The molecule has 1 unspecified atom stereocenters. The molecule has 1 saturated carbocycles. The predicted molar refractivity (Wildman–Crippen MR) is 77.0 cm³/mol. The molecule has 108 valence electrons. The predicted octanol–water partition coefficient (Wildman–Crippen LogP) is 2.30. The van der Waals surface area contributed by atoms with Crippen LogP contribution >= 0.6 is 15.9 Å². The number of hydrogen-bond donors (Lipinski definition) is 2. The zero-order valence-electron chi connectivity index (χ0n) is 11.1. The van der Waals surface area contributed by atoms with Gasteiger partial charge in [-0.05, 0) is 37.0 Å². The summed E-state index contributed by atoms with van der Waals surface area (Å²) in [6, 6.07) is 4.43. The number of carbonyl (C=O) groups excluding carboxylic acids is 1. The van der Waals surface area contributed by atoms with Gasteiger partial charge in [0.25, 0.3) is 5.91 Å². The highest BCUT2D eigenvalue weighted by molar-refractivity contribution is 9.10. The Balaban J connectivity index is 2.13. The van der Waals surface area contributed by atoms with Gasteiger partial charge in [0.1, 0.15) is 0 Å². The van der Waals surface area contributed by atoms with E-state index in [4.69, 9.17) is 9.84 Å². The summed E-state index contributed by atoms with van der Waals surface area (Å²) >= 11 is 3.22. The summed E-state index contributed by atoms with van der Waals surface area (Å²) in [5.74, 6) is -0.872. The molecule has 1 aromatic rings. The highest BCUT2D eigenvalue weighted by Gasteiger charge is 2.32. The molecular formula is C14H16BrNO4. The van der Waals surface area contributed by atoms with Crippen LogP contribution in [0.4, 0.5) is 0 Å². The Bertz CT molecular complexity index is 528. The molecule has 1 aliphatic rings. The Hall–Kier alpha value is -1.40. The van der Waals surface area contributed by atoms with Crippen LogP contribution in [0.25, 0.3) is 0 Å². The van der Waals surface area contributed by atoms with E-state index in [0.717, 1.165) is 12.8 Å². The van der Waals surface area contributed by atoms with Gasteiger partial charge >= 0.3 is 5.97 Å². The Morgan fingerprint density at radius 1 is 1.40 bits per heavy atom. The van der Waals surface area contributed by atoms with Crippen LogP contribution in [-0.2, 0) is 4.74 Å². The Morgan fingerprint density at radius 3 is 2.60 bits per heavy atom. The first-order chi connectivity index (χ1) is 9.51. The molecule has 0 heterocycles. The Labute approximate surface area is 125 Å². The molecule has 5 nitrogen and oxygen atoms in total. The summed E-state index contributed by atoms with van der Waals surface area (Å²) in [6.07, 6.45) is 2.18. The van der Waals surface area contributed by atoms with Gasteiger partial charge in [-0.3, -0.25) is 4.79 Å². The number of carboxylic acid groups (broad SMARTS) is 1. The van der Waals surface area contributed by atoms with E-state index in [9.17, 15) is 9.59 Å². The molecular weight excluding hydrogens is 326 g/mol. The monoisotopic (exact) mass is 341 g/mol. The quantitative estimate of drug-likeness (QED) is 0.832.